The zero-order valence-corrected chi connectivity index (χ0v) is 8.31. The van der Waals surface area contributed by atoms with Gasteiger partial charge in [-0.2, -0.15) is 0 Å². The number of pyridine rings is 1. The van der Waals surface area contributed by atoms with Crippen LogP contribution in [0.2, 0.25) is 0 Å². The molecule has 0 unspecified atom stereocenters. The van der Waals surface area contributed by atoms with Crippen molar-refractivity contribution in [3.8, 4) is 0 Å². The summed E-state index contributed by atoms with van der Waals surface area (Å²) in [7, 11) is 0. The van der Waals surface area contributed by atoms with Gasteiger partial charge >= 0.3 is 0 Å². The van der Waals surface area contributed by atoms with E-state index in [1.54, 1.807) is 6.20 Å². The van der Waals surface area contributed by atoms with Crippen molar-refractivity contribution in [3.63, 3.8) is 0 Å². The first-order chi connectivity index (χ1) is 7.33. The third-order valence-corrected chi connectivity index (χ3v) is 2.31. The van der Waals surface area contributed by atoms with Crippen molar-refractivity contribution < 1.29 is 4.79 Å². The molecule has 0 bridgehead atoms. The number of hydrogen-bond donors (Lipinski definition) is 1. The predicted molar refractivity (Wildman–Crippen MR) is 59.7 cm³/mol. The van der Waals surface area contributed by atoms with Crippen molar-refractivity contribution in [2.45, 2.75) is 6.42 Å². The molecule has 0 radical (unpaired) electrons. The van der Waals surface area contributed by atoms with Crippen LogP contribution >= 0.6 is 0 Å². The summed E-state index contributed by atoms with van der Waals surface area (Å²) in [6.45, 7) is 0.365. The SMILES string of the molecule is NCCC(=O)c1nccc2ccccc12. The van der Waals surface area contributed by atoms with Crippen LogP contribution < -0.4 is 5.73 Å². The number of hydrogen-bond acceptors (Lipinski definition) is 3. The van der Waals surface area contributed by atoms with Gasteiger partial charge in [-0.15, -0.1) is 0 Å². The summed E-state index contributed by atoms with van der Waals surface area (Å²) in [5, 5.41) is 1.94. The van der Waals surface area contributed by atoms with Crippen LogP contribution in [0.25, 0.3) is 10.8 Å². The molecule has 0 spiro atoms. The van der Waals surface area contributed by atoms with Crippen molar-refractivity contribution >= 4 is 16.6 Å². The van der Waals surface area contributed by atoms with Gasteiger partial charge in [0, 0.05) is 18.0 Å². The molecule has 0 atom stereocenters. The van der Waals surface area contributed by atoms with Crippen LogP contribution in [0.4, 0.5) is 0 Å². The second-order valence-electron chi connectivity index (χ2n) is 3.34. The lowest BCUT2D eigenvalue weighted by Crippen LogP contribution is -2.09. The molecular formula is C12H12N2O. The highest BCUT2D eigenvalue weighted by Crippen LogP contribution is 2.17. The predicted octanol–water partition coefficient (Wildman–Crippen LogP) is 1.77. The molecule has 0 saturated heterocycles. The highest BCUT2D eigenvalue weighted by Gasteiger charge is 2.09. The van der Waals surface area contributed by atoms with Crippen molar-refractivity contribution in [1.29, 1.82) is 0 Å². The summed E-state index contributed by atoms with van der Waals surface area (Å²) in [5.74, 6) is 0.00861. The number of nitrogens with two attached hydrogens (primary N) is 1. The maximum Gasteiger partial charge on any atom is 0.183 e. The van der Waals surface area contributed by atoms with Crippen LogP contribution in [0.1, 0.15) is 16.9 Å². The molecule has 2 aromatic rings. The van der Waals surface area contributed by atoms with Gasteiger partial charge in [0.05, 0.1) is 0 Å². The zero-order valence-electron chi connectivity index (χ0n) is 8.31. The van der Waals surface area contributed by atoms with E-state index in [0.29, 0.717) is 18.7 Å². The van der Waals surface area contributed by atoms with Gasteiger partial charge in [0.25, 0.3) is 0 Å². The second-order valence-corrected chi connectivity index (χ2v) is 3.34. The summed E-state index contributed by atoms with van der Waals surface area (Å²) >= 11 is 0. The Hall–Kier alpha value is -1.74. The van der Waals surface area contributed by atoms with E-state index in [0.717, 1.165) is 10.8 Å². The minimum Gasteiger partial charge on any atom is -0.330 e. The molecule has 3 nitrogen and oxygen atoms in total. The van der Waals surface area contributed by atoms with Gasteiger partial charge in [0.2, 0.25) is 0 Å². The van der Waals surface area contributed by atoms with Crippen LogP contribution in [0.3, 0.4) is 0 Å². The monoisotopic (exact) mass is 200 g/mol. The maximum absolute atomic E-state index is 11.7. The van der Waals surface area contributed by atoms with Crippen molar-refractivity contribution in [2.75, 3.05) is 6.54 Å². The molecule has 0 fully saturated rings. The number of aromatic nitrogens is 1. The van der Waals surface area contributed by atoms with Gasteiger partial charge in [-0.3, -0.25) is 9.78 Å². The fourth-order valence-electron chi connectivity index (χ4n) is 1.59. The molecule has 0 aliphatic rings. The summed E-state index contributed by atoms with van der Waals surface area (Å²) in [6.07, 6.45) is 2.01. The second kappa shape index (κ2) is 4.19. The Morgan fingerprint density at radius 3 is 2.87 bits per heavy atom. The van der Waals surface area contributed by atoms with Crippen molar-refractivity contribution in [1.82, 2.24) is 4.98 Å². The van der Waals surface area contributed by atoms with Crippen LogP contribution in [-0.4, -0.2) is 17.3 Å². The highest BCUT2D eigenvalue weighted by atomic mass is 16.1. The molecule has 0 aliphatic carbocycles. The third-order valence-electron chi connectivity index (χ3n) is 2.31. The molecule has 2 rings (SSSR count). The zero-order chi connectivity index (χ0) is 10.7. The Labute approximate surface area is 87.9 Å². The normalized spacial score (nSPS) is 10.5. The molecule has 2 N–H and O–H groups in total. The van der Waals surface area contributed by atoms with Gasteiger partial charge in [-0.25, -0.2) is 0 Å². The molecule has 1 heterocycles. The minimum atomic E-state index is 0.00861. The van der Waals surface area contributed by atoms with Gasteiger partial charge in [0.15, 0.2) is 5.78 Å². The van der Waals surface area contributed by atoms with Crippen LogP contribution in [0.5, 0.6) is 0 Å². The van der Waals surface area contributed by atoms with Gasteiger partial charge in [0.1, 0.15) is 5.69 Å². The first-order valence-corrected chi connectivity index (χ1v) is 4.90. The minimum absolute atomic E-state index is 0.00861. The van der Waals surface area contributed by atoms with Crippen LogP contribution in [0, 0.1) is 0 Å². The molecule has 0 saturated carbocycles. The maximum atomic E-state index is 11.7. The van der Waals surface area contributed by atoms with Crippen molar-refractivity contribution in [3.05, 3.63) is 42.2 Å². The number of Topliss-reactive ketones (excluding diaryl/α,β-unsaturated/α-hetero) is 1. The topological polar surface area (TPSA) is 56.0 Å². The Morgan fingerprint density at radius 1 is 1.27 bits per heavy atom. The van der Waals surface area contributed by atoms with Gasteiger partial charge in [-0.1, -0.05) is 24.3 Å². The number of ketones is 1. The number of nitrogens with zero attached hydrogens (tertiary/aromatic N) is 1. The Bertz CT molecular complexity index is 488. The Balaban J connectivity index is 2.56. The summed E-state index contributed by atoms with van der Waals surface area (Å²) < 4.78 is 0. The van der Waals surface area contributed by atoms with Crippen molar-refractivity contribution in [2.24, 2.45) is 5.73 Å². The molecule has 3 heteroatoms. The van der Waals surface area contributed by atoms with Gasteiger partial charge in [-0.05, 0) is 18.0 Å². The Kier molecular flexibility index (Phi) is 2.74. The van der Waals surface area contributed by atoms with E-state index < -0.39 is 0 Å². The molecule has 15 heavy (non-hydrogen) atoms. The van der Waals surface area contributed by atoms with Crippen LogP contribution in [-0.2, 0) is 0 Å². The molecule has 0 aliphatic heterocycles. The van der Waals surface area contributed by atoms with E-state index >= 15 is 0 Å². The fourth-order valence-corrected chi connectivity index (χ4v) is 1.59. The molecule has 1 aromatic heterocycles. The first kappa shape index (κ1) is 9.80. The van der Waals surface area contributed by atoms with E-state index in [-0.39, 0.29) is 5.78 Å². The lowest BCUT2D eigenvalue weighted by atomic mass is 10.1. The number of carbonyl (C=O) groups is 1. The summed E-state index contributed by atoms with van der Waals surface area (Å²) in [6, 6.07) is 9.62. The molecule has 1 aromatic carbocycles. The van der Waals surface area contributed by atoms with E-state index in [9.17, 15) is 4.79 Å². The number of benzene rings is 1. The quantitative estimate of drug-likeness (QED) is 0.768. The van der Waals surface area contributed by atoms with E-state index in [2.05, 4.69) is 4.98 Å². The fraction of sp³-hybridized carbons (Fsp3) is 0.167. The Morgan fingerprint density at radius 2 is 2.07 bits per heavy atom. The van der Waals surface area contributed by atoms with E-state index in [4.69, 9.17) is 5.73 Å². The third kappa shape index (κ3) is 1.87. The van der Waals surface area contributed by atoms with E-state index in [1.165, 1.54) is 0 Å². The number of rotatable bonds is 3. The summed E-state index contributed by atoms with van der Waals surface area (Å²) in [4.78, 5) is 15.8. The largest absolute Gasteiger partial charge is 0.330 e. The van der Waals surface area contributed by atoms with Crippen LogP contribution in [0.15, 0.2) is 36.5 Å². The van der Waals surface area contributed by atoms with E-state index in [1.807, 2.05) is 30.3 Å². The van der Waals surface area contributed by atoms with Gasteiger partial charge < -0.3 is 5.73 Å². The lowest BCUT2D eigenvalue weighted by Gasteiger charge is -2.03. The first-order valence-electron chi connectivity index (χ1n) is 4.90. The molecular weight excluding hydrogens is 188 g/mol. The number of carbonyl (C=O) groups excluding carboxylic acids is 1. The number of fused-ring (bicyclic) bond motifs is 1. The average molecular weight is 200 g/mol. The standard InChI is InChI=1S/C12H12N2O/c13-7-5-11(15)12-10-4-2-1-3-9(10)6-8-14-12/h1-4,6,8H,5,7,13H2. The smallest absolute Gasteiger partial charge is 0.183 e. The summed E-state index contributed by atoms with van der Waals surface area (Å²) in [5.41, 5.74) is 5.89. The average Bonchev–Trinajstić information content (AvgIpc) is 2.28. The lowest BCUT2D eigenvalue weighted by molar-refractivity contribution is 0.0982. The molecule has 76 valence electrons. The highest BCUT2D eigenvalue weighted by molar-refractivity contribution is 6.06. The molecule has 0 amide bonds.